The fourth-order valence-corrected chi connectivity index (χ4v) is 3.14. The maximum absolute atomic E-state index is 12.6. The zero-order valence-corrected chi connectivity index (χ0v) is 16.8. The van der Waals surface area contributed by atoms with Crippen LogP contribution in [0.4, 0.5) is 11.4 Å². The molecule has 27 heavy (non-hydrogen) atoms. The van der Waals surface area contributed by atoms with Gasteiger partial charge in [0.25, 0.3) is 5.91 Å². The third-order valence-corrected chi connectivity index (χ3v) is 4.66. The molecule has 1 aliphatic heterocycles. The van der Waals surface area contributed by atoms with Gasteiger partial charge in [0.2, 0.25) is 5.91 Å². The van der Waals surface area contributed by atoms with Crippen LogP contribution in [0.5, 0.6) is 17.2 Å². The Morgan fingerprint density at radius 1 is 1.22 bits per heavy atom. The highest BCUT2D eigenvalue weighted by Gasteiger charge is 2.27. The van der Waals surface area contributed by atoms with E-state index in [4.69, 9.17) is 14.2 Å². The number of amides is 2. The third-order valence-electron chi connectivity index (χ3n) is 4.17. The minimum absolute atomic E-state index is 0.105. The number of fused-ring (bicyclic) bond motifs is 1. The lowest BCUT2D eigenvalue weighted by molar-refractivity contribution is -0.123. The van der Waals surface area contributed by atoms with Crippen LogP contribution in [0.1, 0.15) is 5.56 Å². The van der Waals surface area contributed by atoms with Crippen molar-refractivity contribution in [1.29, 1.82) is 0 Å². The molecule has 1 heterocycles. The minimum atomic E-state index is -0.325. The molecule has 0 bridgehead atoms. The molecule has 1 N–H and O–H groups in total. The molecule has 8 heteroatoms. The molecule has 1 aliphatic rings. The van der Waals surface area contributed by atoms with Crippen molar-refractivity contribution in [2.45, 2.75) is 6.92 Å². The van der Waals surface area contributed by atoms with Crippen molar-refractivity contribution >= 4 is 39.1 Å². The molecule has 142 valence electrons. The lowest BCUT2D eigenvalue weighted by Gasteiger charge is -2.29. The Kier molecular flexibility index (Phi) is 5.55. The molecule has 0 atom stereocenters. The van der Waals surface area contributed by atoms with Gasteiger partial charge in [0.15, 0.2) is 18.1 Å². The van der Waals surface area contributed by atoms with Crippen LogP contribution in [0.3, 0.4) is 0 Å². The largest absolute Gasteiger partial charge is 0.493 e. The van der Waals surface area contributed by atoms with E-state index < -0.39 is 0 Å². The van der Waals surface area contributed by atoms with Gasteiger partial charge >= 0.3 is 0 Å². The number of carbonyl (C=O) groups is 2. The van der Waals surface area contributed by atoms with E-state index in [2.05, 4.69) is 21.2 Å². The van der Waals surface area contributed by atoms with Crippen molar-refractivity contribution in [1.82, 2.24) is 0 Å². The van der Waals surface area contributed by atoms with E-state index in [9.17, 15) is 9.59 Å². The predicted octanol–water partition coefficient (Wildman–Crippen LogP) is 3.14. The zero-order valence-electron chi connectivity index (χ0n) is 15.2. The van der Waals surface area contributed by atoms with Gasteiger partial charge in [-0.05, 0) is 36.8 Å². The summed E-state index contributed by atoms with van der Waals surface area (Å²) in [5.74, 6) is 1.05. The van der Waals surface area contributed by atoms with Gasteiger partial charge in [-0.25, -0.2) is 0 Å². The molecule has 0 fully saturated rings. The number of methoxy groups -OCH3 is 2. The van der Waals surface area contributed by atoms with Crippen LogP contribution < -0.4 is 24.4 Å². The number of halogens is 1. The third kappa shape index (κ3) is 4.00. The van der Waals surface area contributed by atoms with Crippen LogP contribution in [0.25, 0.3) is 0 Å². The van der Waals surface area contributed by atoms with E-state index in [1.165, 1.54) is 12.0 Å². The number of anilines is 2. The van der Waals surface area contributed by atoms with E-state index in [1.54, 1.807) is 37.4 Å². The number of benzene rings is 2. The fraction of sp³-hybridized carbons (Fsp3) is 0.263. The van der Waals surface area contributed by atoms with Gasteiger partial charge in [-0.15, -0.1) is 0 Å². The van der Waals surface area contributed by atoms with Gasteiger partial charge < -0.3 is 19.5 Å². The number of hydrogen-bond donors (Lipinski definition) is 1. The Morgan fingerprint density at radius 2 is 1.93 bits per heavy atom. The molecule has 0 radical (unpaired) electrons. The van der Waals surface area contributed by atoms with Crippen LogP contribution in [-0.4, -0.2) is 39.2 Å². The van der Waals surface area contributed by atoms with E-state index in [0.29, 0.717) is 28.6 Å². The molecule has 0 saturated carbocycles. The summed E-state index contributed by atoms with van der Waals surface area (Å²) in [5, 5.41) is 2.83. The second-order valence-corrected chi connectivity index (χ2v) is 6.87. The molecule has 0 spiro atoms. The first-order chi connectivity index (χ1) is 12.9. The highest BCUT2D eigenvalue weighted by atomic mass is 79.9. The maximum atomic E-state index is 12.6. The standard InChI is InChI=1S/C19H19BrN2O5/c1-11-6-16(25-2)17(26-3)8-13(11)21-18(23)9-22-14-5-4-12(20)7-15(14)27-10-19(22)24/h4-8H,9-10H2,1-3H3,(H,21,23). The zero-order chi connectivity index (χ0) is 19.6. The highest BCUT2D eigenvalue weighted by molar-refractivity contribution is 9.10. The smallest absolute Gasteiger partial charge is 0.265 e. The van der Waals surface area contributed by atoms with Gasteiger partial charge in [-0.3, -0.25) is 14.5 Å². The summed E-state index contributed by atoms with van der Waals surface area (Å²) in [7, 11) is 3.08. The summed E-state index contributed by atoms with van der Waals surface area (Å²) in [5.41, 5.74) is 1.97. The van der Waals surface area contributed by atoms with Crippen LogP contribution >= 0.6 is 15.9 Å². The monoisotopic (exact) mass is 434 g/mol. The number of nitrogens with one attached hydrogen (secondary N) is 1. The van der Waals surface area contributed by atoms with Crippen molar-refractivity contribution in [2.24, 2.45) is 0 Å². The van der Waals surface area contributed by atoms with Crippen LogP contribution in [-0.2, 0) is 9.59 Å². The van der Waals surface area contributed by atoms with Gasteiger partial charge in [0.1, 0.15) is 12.3 Å². The highest BCUT2D eigenvalue weighted by Crippen LogP contribution is 2.35. The molecule has 2 aromatic rings. The molecule has 0 saturated heterocycles. The average Bonchev–Trinajstić information content (AvgIpc) is 2.65. The summed E-state index contributed by atoms with van der Waals surface area (Å²) in [6.07, 6.45) is 0. The van der Waals surface area contributed by atoms with E-state index in [-0.39, 0.29) is 25.0 Å². The number of aryl methyl sites for hydroxylation is 1. The molecular weight excluding hydrogens is 416 g/mol. The van der Waals surface area contributed by atoms with Crippen molar-refractivity contribution < 1.29 is 23.8 Å². The minimum Gasteiger partial charge on any atom is -0.493 e. The first-order valence-electron chi connectivity index (χ1n) is 8.18. The van der Waals surface area contributed by atoms with Crippen LogP contribution in [0.2, 0.25) is 0 Å². The second kappa shape index (κ2) is 7.87. The SMILES string of the molecule is COc1cc(C)c(NC(=O)CN2C(=O)COc3cc(Br)ccc32)cc1OC. The van der Waals surface area contributed by atoms with Crippen molar-refractivity contribution in [3.63, 3.8) is 0 Å². The van der Waals surface area contributed by atoms with Crippen molar-refractivity contribution in [3.8, 4) is 17.2 Å². The summed E-state index contributed by atoms with van der Waals surface area (Å²) < 4.78 is 16.8. The molecular formula is C19H19BrN2O5. The first kappa shape index (κ1) is 19.0. The normalized spacial score (nSPS) is 12.9. The number of hydrogen-bond acceptors (Lipinski definition) is 5. The van der Waals surface area contributed by atoms with Gasteiger partial charge in [0.05, 0.1) is 19.9 Å². The molecule has 2 aromatic carbocycles. The van der Waals surface area contributed by atoms with Gasteiger partial charge in [-0.1, -0.05) is 15.9 Å². The second-order valence-electron chi connectivity index (χ2n) is 5.95. The van der Waals surface area contributed by atoms with E-state index in [0.717, 1.165) is 10.0 Å². The fourth-order valence-electron chi connectivity index (χ4n) is 2.80. The number of carbonyl (C=O) groups excluding carboxylic acids is 2. The Labute approximate surface area is 165 Å². The Balaban J connectivity index is 1.80. The molecule has 0 unspecified atom stereocenters. The van der Waals surface area contributed by atoms with Crippen molar-refractivity contribution in [2.75, 3.05) is 37.6 Å². The molecule has 2 amide bonds. The van der Waals surface area contributed by atoms with Crippen molar-refractivity contribution in [3.05, 3.63) is 40.4 Å². The summed E-state index contributed by atoms with van der Waals surface area (Å²) >= 11 is 3.37. The molecule has 3 rings (SSSR count). The van der Waals surface area contributed by atoms with Gasteiger partial charge in [0, 0.05) is 16.2 Å². The van der Waals surface area contributed by atoms with E-state index in [1.807, 2.05) is 6.92 Å². The Morgan fingerprint density at radius 3 is 2.63 bits per heavy atom. The average molecular weight is 435 g/mol. The lowest BCUT2D eigenvalue weighted by Crippen LogP contribution is -2.43. The Bertz CT molecular complexity index is 900. The van der Waals surface area contributed by atoms with E-state index >= 15 is 0 Å². The summed E-state index contributed by atoms with van der Waals surface area (Å²) in [4.78, 5) is 26.2. The molecule has 0 aliphatic carbocycles. The number of ether oxygens (including phenoxy) is 3. The predicted molar refractivity (Wildman–Crippen MR) is 105 cm³/mol. The topological polar surface area (TPSA) is 77.1 Å². The number of rotatable bonds is 5. The molecule has 0 aromatic heterocycles. The number of nitrogens with zero attached hydrogens (tertiary/aromatic N) is 1. The summed E-state index contributed by atoms with van der Waals surface area (Å²) in [6.45, 7) is 1.63. The van der Waals surface area contributed by atoms with Crippen LogP contribution in [0, 0.1) is 6.92 Å². The summed E-state index contributed by atoms with van der Waals surface area (Å²) in [6, 6.07) is 8.78. The maximum Gasteiger partial charge on any atom is 0.265 e. The van der Waals surface area contributed by atoms with Gasteiger partial charge in [-0.2, -0.15) is 0 Å². The Hall–Kier alpha value is -2.74. The lowest BCUT2D eigenvalue weighted by atomic mass is 10.1. The first-order valence-corrected chi connectivity index (χ1v) is 8.97. The molecule has 7 nitrogen and oxygen atoms in total. The van der Waals surface area contributed by atoms with Crippen LogP contribution in [0.15, 0.2) is 34.8 Å². The quantitative estimate of drug-likeness (QED) is 0.781.